The summed E-state index contributed by atoms with van der Waals surface area (Å²) in [5.41, 5.74) is 5.69. The van der Waals surface area contributed by atoms with Gasteiger partial charge in [0.2, 0.25) is 0 Å². The normalized spacial score (nSPS) is 14.2. The summed E-state index contributed by atoms with van der Waals surface area (Å²) >= 11 is 0. The van der Waals surface area contributed by atoms with Gasteiger partial charge in [0.15, 0.2) is 0 Å². The van der Waals surface area contributed by atoms with E-state index >= 15 is 0 Å². The van der Waals surface area contributed by atoms with Gasteiger partial charge in [0.05, 0.1) is 0 Å². The zero-order chi connectivity index (χ0) is 28.1. The summed E-state index contributed by atoms with van der Waals surface area (Å²) in [6, 6.07) is 0. The van der Waals surface area contributed by atoms with Crippen LogP contribution in [0.25, 0.3) is 0 Å². The third-order valence-electron chi connectivity index (χ3n) is 6.84. The first kappa shape index (κ1) is 36.2. The highest BCUT2D eigenvalue weighted by atomic mass is 14.1. The minimum absolute atomic E-state index is 1.08. The molecule has 38 heavy (non-hydrogen) atoms. The van der Waals surface area contributed by atoms with Crippen LogP contribution in [0.2, 0.25) is 0 Å². The van der Waals surface area contributed by atoms with Crippen LogP contribution in [0.1, 0.15) is 157 Å². The summed E-state index contributed by atoms with van der Waals surface area (Å²) in [5.74, 6) is 0. The second-order valence-electron chi connectivity index (χ2n) is 10.6. The van der Waals surface area contributed by atoms with Gasteiger partial charge in [0.25, 0.3) is 0 Å². The van der Waals surface area contributed by atoms with E-state index < -0.39 is 0 Å². The van der Waals surface area contributed by atoms with E-state index in [2.05, 4.69) is 102 Å². The number of allylic oxidation sites excluding steroid dienone is 14. The number of hydrogen-bond donors (Lipinski definition) is 0. The second-order valence-corrected chi connectivity index (χ2v) is 10.6. The fourth-order valence-electron chi connectivity index (χ4n) is 4.39. The van der Waals surface area contributed by atoms with Crippen LogP contribution in [0.15, 0.2) is 83.1 Å². The van der Waals surface area contributed by atoms with Crippen LogP contribution >= 0.6 is 0 Å². The maximum Gasteiger partial charge on any atom is -0.0112 e. The largest absolute Gasteiger partial charge is 0.0845 e. The first-order valence-electron chi connectivity index (χ1n) is 16.5. The quantitative estimate of drug-likeness (QED) is 0.0876. The van der Waals surface area contributed by atoms with Gasteiger partial charge in [-0.15, -0.1) is 0 Å². The molecule has 216 valence electrons. The zero-order valence-corrected chi connectivity index (χ0v) is 26.5. The summed E-state index contributed by atoms with van der Waals surface area (Å²) in [7, 11) is 0. The minimum Gasteiger partial charge on any atom is -0.0845 e. The monoisotopic (exact) mass is 521 g/mol. The van der Waals surface area contributed by atoms with Gasteiger partial charge in [-0.1, -0.05) is 160 Å². The van der Waals surface area contributed by atoms with Gasteiger partial charge in [-0.05, 0) is 80.1 Å². The molecule has 0 amide bonds. The van der Waals surface area contributed by atoms with E-state index in [1.807, 2.05) is 0 Å². The van der Waals surface area contributed by atoms with Gasteiger partial charge >= 0.3 is 0 Å². The van der Waals surface area contributed by atoms with E-state index in [-0.39, 0.29) is 0 Å². The topological polar surface area (TPSA) is 0 Å². The third kappa shape index (κ3) is 19.3. The molecule has 0 heterocycles. The zero-order valence-electron chi connectivity index (χ0n) is 26.5. The molecular weight excluding hydrogens is 456 g/mol. The number of unbranched alkanes of at least 4 members (excludes halogenated alkanes) is 11. The van der Waals surface area contributed by atoms with Crippen LogP contribution in [0.3, 0.4) is 0 Å². The first-order valence-corrected chi connectivity index (χ1v) is 16.5. The van der Waals surface area contributed by atoms with Crippen LogP contribution in [0.5, 0.6) is 0 Å². The average Bonchev–Trinajstić information content (AvgIpc) is 2.93. The van der Waals surface area contributed by atoms with Crippen molar-refractivity contribution in [2.24, 2.45) is 0 Å². The standard InChI is InChI=1S/C38H64/c1-7-13-19-22-24-27-32-36(31-26-23-20-14-8-2)38(34-28-21-15-9-3)37(33-25-16-10-4)35(29-17-11-5)30-18-12-6/h17,25-29,31-34H,7-16,18-24,30H2,1-6H3. The highest BCUT2D eigenvalue weighted by molar-refractivity contribution is 5.58. The molecule has 0 aliphatic carbocycles. The molecule has 0 aromatic heterocycles. The second kappa shape index (κ2) is 28.2. The van der Waals surface area contributed by atoms with Crippen LogP contribution in [-0.4, -0.2) is 0 Å². The molecule has 0 aliphatic heterocycles. The molecule has 0 spiro atoms. The lowest BCUT2D eigenvalue weighted by molar-refractivity contribution is 0.674. The maximum absolute atomic E-state index is 2.44. The van der Waals surface area contributed by atoms with E-state index in [9.17, 15) is 0 Å². The van der Waals surface area contributed by atoms with E-state index in [0.29, 0.717) is 0 Å². The van der Waals surface area contributed by atoms with Crippen molar-refractivity contribution in [1.29, 1.82) is 0 Å². The lowest BCUT2D eigenvalue weighted by atomic mass is 9.90. The van der Waals surface area contributed by atoms with Crippen molar-refractivity contribution in [3.05, 3.63) is 83.1 Å². The lowest BCUT2D eigenvalue weighted by Gasteiger charge is -2.15. The Morgan fingerprint density at radius 3 is 1.53 bits per heavy atom. The van der Waals surface area contributed by atoms with Crippen molar-refractivity contribution in [2.45, 2.75) is 157 Å². The Hall–Kier alpha value is -1.82. The van der Waals surface area contributed by atoms with Crippen molar-refractivity contribution >= 4 is 0 Å². The van der Waals surface area contributed by atoms with Crippen molar-refractivity contribution in [2.75, 3.05) is 0 Å². The van der Waals surface area contributed by atoms with Crippen LogP contribution < -0.4 is 0 Å². The van der Waals surface area contributed by atoms with E-state index in [1.165, 1.54) is 106 Å². The molecule has 0 aromatic carbocycles. The Bertz CT molecular complexity index is 747. The van der Waals surface area contributed by atoms with Crippen LogP contribution in [0.4, 0.5) is 0 Å². The lowest BCUT2D eigenvalue weighted by Crippen LogP contribution is -1.96. The van der Waals surface area contributed by atoms with Crippen LogP contribution in [0, 0.1) is 0 Å². The van der Waals surface area contributed by atoms with E-state index in [0.717, 1.165) is 32.1 Å². The molecule has 0 aromatic rings. The Labute approximate surface area is 239 Å². The molecule has 0 saturated carbocycles. The van der Waals surface area contributed by atoms with Crippen molar-refractivity contribution in [3.8, 4) is 0 Å². The minimum atomic E-state index is 1.08. The molecule has 0 aliphatic rings. The molecular formula is C38H64. The highest BCUT2D eigenvalue weighted by Gasteiger charge is 2.10. The first-order chi connectivity index (χ1) is 18.7. The van der Waals surface area contributed by atoms with Gasteiger partial charge < -0.3 is 0 Å². The number of hydrogen-bond acceptors (Lipinski definition) is 0. The van der Waals surface area contributed by atoms with Gasteiger partial charge in [-0.25, -0.2) is 0 Å². The van der Waals surface area contributed by atoms with Gasteiger partial charge in [0.1, 0.15) is 0 Å². The summed E-state index contributed by atoms with van der Waals surface area (Å²) in [6.07, 6.45) is 46.3. The predicted octanol–water partition coefficient (Wildman–Crippen LogP) is 13.5. The Balaban J connectivity index is 6.86. The molecule has 0 fully saturated rings. The predicted molar refractivity (Wildman–Crippen MR) is 177 cm³/mol. The van der Waals surface area contributed by atoms with E-state index in [1.54, 1.807) is 0 Å². The van der Waals surface area contributed by atoms with Crippen molar-refractivity contribution in [3.63, 3.8) is 0 Å². The Kier molecular flexibility index (Phi) is 26.8. The van der Waals surface area contributed by atoms with Gasteiger partial charge in [0, 0.05) is 0 Å². The Morgan fingerprint density at radius 1 is 0.395 bits per heavy atom. The molecule has 0 rings (SSSR count). The van der Waals surface area contributed by atoms with E-state index in [4.69, 9.17) is 0 Å². The Morgan fingerprint density at radius 2 is 0.921 bits per heavy atom. The summed E-state index contributed by atoms with van der Waals surface area (Å²) in [4.78, 5) is 0. The molecule has 0 heteroatoms. The van der Waals surface area contributed by atoms with Crippen LogP contribution in [-0.2, 0) is 0 Å². The van der Waals surface area contributed by atoms with Crippen molar-refractivity contribution in [1.82, 2.24) is 0 Å². The summed E-state index contributed by atoms with van der Waals surface area (Å²) in [5, 5.41) is 0. The average molecular weight is 521 g/mol. The molecule has 0 atom stereocenters. The fraction of sp³-hybridized carbons (Fsp3) is 0.632. The molecule has 0 nitrogen and oxygen atoms in total. The molecule has 0 bridgehead atoms. The molecule has 0 unspecified atom stereocenters. The van der Waals surface area contributed by atoms with Gasteiger partial charge in [-0.3, -0.25) is 0 Å². The maximum atomic E-state index is 2.44. The van der Waals surface area contributed by atoms with Gasteiger partial charge in [-0.2, -0.15) is 0 Å². The smallest absolute Gasteiger partial charge is 0.0112 e. The SMILES string of the molecule is CCC=CC(CCCC)=C(C=CCCC)C(C=CCCCC)=C(C=CCCCCC)C=CCCCCCC. The number of rotatable bonds is 24. The summed E-state index contributed by atoms with van der Waals surface area (Å²) < 4.78 is 0. The van der Waals surface area contributed by atoms with Crippen molar-refractivity contribution < 1.29 is 0 Å². The molecule has 0 N–H and O–H groups in total. The highest BCUT2D eigenvalue weighted by Crippen LogP contribution is 2.28. The summed E-state index contributed by atoms with van der Waals surface area (Å²) in [6.45, 7) is 13.7. The molecule has 0 saturated heterocycles. The third-order valence-corrected chi connectivity index (χ3v) is 6.84. The fourth-order valence-corrected chi connectivity index (χ4v) is 4.39. The molecule has 0 radical (unpaired) electrons.